The van der Waals surface area contributed by atoms with Gasteiger partial charge in [0.25, 0.3) is 0 Å². The fourth-order valence-corrected chi connectivity index (χ4v) is 6.17. The molecule has 0 amide bonds. The van der Waals surface area contributed by atoms with E-state index in [1.165, 1.54) is 11.1 Å². The van der Waals surface area contributed by atoms with E-state index in [0.29, 0.717) is 6.04 Å². The lowest BCUT2D eigenvalue weighted by atomic mass is 10.1. The highest BCUT2D eigenvalue weighted by Gasteiger charge is 2.18. The number of hydrogen-bond acceptors (Lipinski definition) is 10. The molecular weight excluding hydrogens is 588 g/mol. The minimum absolute atomic E-state index is 0.471. The number of nitrogens with zero attached hydrogens (tertiary/aromatic N) is 9. The first-order valence-corrected chi connectivity index (χ1v) is 16.3. The number of piperidine rings is 1. The second-order valence-corrected chi connectivity index (χ2v) is 12.7. The second-order valence-electron chi connectivity index (χ2n) is 12.7. The van der Waals surface area contributed by atoms with E-state index >= 15 is 0 Å². The molecule has 2 fully saturated rings. The van der Waals surface area contributed by atoms with Gasteiger partial charge in [-0.3, -0.25) is 9.97 Å². The Kier molecular flexibility index (Phi) is 8.77. The van der Waals surface area contributed by atoms with Crippen LogP contribution in [0.15, 0.2) is 61.7 Å². The molecule has 6 aromatic rings. The van der Waals surface area contributed by atoms with E-state index in [1.807, 2.05) is 37.2 Å². The summed E-state index contributed by atoms with van der Waals surface area (Å²) in [4.78, 5) is 40.6. The third-order valence-corrected chi connectivity index (χ3v) is 9.22. The Labute approximate surface area is 274 Å². The summed E-state index contributed by atoms with van der Waals surface area (Å²) in [5.41, 5.74) is 7.91. The van der Waals surface area contributed by atoms with Crippen molar-refractivity contribution in [2.75, 3.05) is 63.6 Å². The van der Waals surface area contributed by atoms with Crippen LogP contribution in [0.25, 0.3) is 44.6 Å². The molecule has 2 aliphatic heterocycles. The number of likely N-dealkylation sites (tertiary alicyclic amines) is 1. The molecule has 242 valence electrons. The summed E-state index contributed by atoms with van der Waals surface area (Å²) in [5, 5.41) is 5.79. The molecule has 47 heavy (non-hydrogen) atoms. The molecule has 0 aromatic carbocycles. The first-order valence-electron chi connectivity index (χ1n) is 16.3. The maximum Gasteiger partial charge on any atom is 0.147 e. The molecule has 0 aliphatic carbocycles. The summed E-state index contributed by atoms with van der Waals surface area (Å²) in [6.45, 7) is 10.5. The third kappa shape index (κ3) is 6.93. The number of hydrogen-bond donors (Lipinski definition) is 3. The molecule has 8 heterocycles. The van der Waals surface area contributed by atoms with Crippen LogP contribution in [0.5, 0.6) is 0 Å². The molecule has 12 heteroatoms. The smallest absolute Gasteiger partial charge is 0.147 e. The van der Waals surface area contributed by atoms with E-state index in [9.17, 15) is 0 Å². The van der Waals surface area contributed by atoms with Gasteiger partial charge in [-0.1, -0.05) is 0 Å². The Bertz CT molecular complexity index is 1960. The van der Waals surface area contributed by atoms with Crippen molar-refractivity contribution in [2.24, 2.45) is 0 Å². The van der Waals surface area contributed by atoms with Gasteiger partial charge in [-0.25, -0.2) is 19.9 Å². The first-order chi connectivity index (χ1) is 22.9. The van der Waals surface area contributed by atoms with E-state index in [4.69, 9.17) is 9.97 Å². The van der Waals surface area contributed by atoms with E-state index in [1.54, 1.807) is 12.4 Å². The largest absolute Gasteiger partial charge is 0.366 e. The van der Waals surface area contributed by atoms with Gasteiger partial charge in [-0.15, -0.1) is 0 Å². The van der Waals surface area contributed by atoms with Gasteiger partial charge >= 0.3 is 0 Å². The van der Waals surface area contributed by atoms with Crippen molar-refractivity contribution in [1.82, 2.24) is 49.7 Å². The lowest BCUT2D eigenvalue weighted by molar-refractivity contribution is 0.263. The molecule has 2 aliphatic rings. The lowest BCUT2D eigenvalue weighted by Gasteiger charge is -2.33. The monoisotopic (exact) mass is 630 g/mol. The van der Waals surface area contributed by atoms with E-state index < -0.39 is 0 Å². The molecule has 2 saturated heterocycles. The van der Waals surface area contributed by atoms with Crippen molar-refractivity contribution >= 4 is 33.7 Å². The van der Waals surface area contributed by atoms with Crippen LogP contribution >= 0.6 is 0 Å². The van der Waals surface area contributed by atoms with Gasteiger partial charge in [-0.05, 0) is 77.1 Å². The first kappa shape index (κ1) is 30.7. The Hall–Kier alpha value is -4.94. The number of piperazine rings is 1. The van der Waals surface area contributed by atoms with Crippen LogP contribution in [0.1, 0.15) is 24.0 Å². The number of pyridine rings is 2. The van der Waals surface area contributed by atoms with Crippen LogP contribution in [0.2, 0.25) is 0 Å². The van der Waals surface area contributed by atoms with Crippen LogP contribution in [0.4, 0.5) is 11.6 Å². The van der Waals surface area contributed by atoms with E-state index in [-0.39, 0.29) is 0 Å². The highest BCUT2D eigenvalue weighted by atomic mass is 15.3. The van der Waals surface area contributed by atoms with Gasteiger partial charge in [-0.2, -0.15) is 0 Å². The number of fused-ring (bicyclic) bond motifs is 2. The number of H-pyrrole nitrogens is 2. The summed E-state index contributed by atoms with van der Waals surface area (Å²) in [6.07, 6.45) is 17.2. The maximum atomic E-state index is 4.81. The quantitative estimate of drug-likeness (QED) is 0.241. The second kappa shape index (κ2) is 13.4. The molecule has 8 rings (SSSR count). The average Bonchev–Trinajstić information content (AvgIpc) is 3.67. The molecular formula is C35H42N12. The fourth-order valence-electron chi connectivity index (χ4n) is 6.17. The Morgan fingerprint density at radius 3 is 1.83 bits per heavy atom. The zero-order valence-electron chi connectivity index (χ0n) is 27.5. The summed E-state index contributed by atoms with van der Waals surface area (Å²) in [5.74, 6) is 1.79. The zero-order valence-corrected chi connectivity index (χ0v) is 27.5. The van der Waals surface area contributed by atoms with Crippen LogP contribution in [0.3, 0.4) is 0 Å². The Morgan fingerprint density at radius 1 is 0.660 bits per heavy atom. The van der Waals surface area contributed by atoms with Crippen LogP contribution in [-0.2, 0) is 0 Å². The van der Waals surface area contributed by atoms with E-state index in [0.717, 1.165) is 108 Å². The zero-order chi connectivity index (χ0) is 32.3. The van der Waals surface area contributed by atoms with Crippen molar-refractivity contribution in [3.8, 4) is 22.5 Å². The Balaban J connectivity index is 0.000000150. The van der Waals surface area contributed by atoms with Crippen molar-refractivity contribution in [3.63, 3.8) is 0 Å². The van der Waals surface area contributed by atoms with Gasteiger partial charge in [0.05, 0.1) is 36.2 Å². The fraction of sp³-hybridized carbons (Fsp3) is 0.371. The lowest BCUT2D eigenvalue weighted by Crippen LogP contribution is -2.44. The molecule has 3 N–H and O–H groups in total. The molecule has 0 atom stereocenters. The van der Waals surface area contributed by atoms with E-state index in [2.05, 4.69) is 90.0 Å². The van der Waals surface area contributed by atoms with Crippen molar-refractivity contribution < 1.29 is 0 Å². The minimum Gasteiger partial charge on any atom is -0.366 e. The average molecular weight is 631 g/mol. The molecule has 0 saturated carbocycles. The molecule has 0 spiro atoms. The SMILES string of the molecule is Cc1c[nH]c2ncc(-c3cncc(N4CCN(C)CC4)n3)cc12.Cc1c[nH]c2ncc(-c3cncc(NC4CCN(C)CC4)n3)cc12. The van der Waals surface area contributed by atoms with Crippen LogP contribution < -0.4 is 10.2 Å². The number of aromatic amines is 2. The highest BCUT2D eigenvalue weighted by molar-refractivity contribution is 5.84. The summed E-state index contributed by atoms with van der Waals surface area (Å²) < 4.78 is 0. The van der Waals surface area contributed by atoms with Crippen molar-refractivity contribution in [2.45, 2.75) is 32.7 Å². The van der Waals surface area contributed by atoms with Gasteiger partial charge in [0, 0.05) is 78.9 Å². The Morgan fingerprint density at radius 2 is 1.21 bits per heavy atom. The normalized spacial score (nSPS) is 16.4. The molecule has 6 aromatic heterocycles. The molecule has 0 radical (unpaired) electrons. The van der Waals surface area contributed by atoms with Crippen molar-refractivity contribution in [3.05, 3.63) is 72.8 Å². The minimum atomic E-state index is 0.471. The van der Waals surface area contributed by atoms with Crippen LogP contribution in [-0.4, -0.2) is 109 Å². The predicted molar refractivity (Wildman–Crippen MR) is 188 cm³/mol. The number of anilines is 2. The number of rotatable bonds is 5. The molecule has 0 unspecified atom stereocenters. The van der Waals surface area contributed by atoms with Crippen molar-refractivity contribution in [1.29, 1.82) is 0 Å². The number of aryl methyl sites for hydroxylation is 2. The standard InChI is InChI=1S/C18H22N6.C17H20N6/c1-12-8-20-18-15(12)7-13(9-21-18)16-10-19-11-17(23-16)22-14-3-5-24(2)6-4-14;1-12-8-19-17-14(12)7-13(9-20-17)15-10-18-11-16(21-15)23-5-3-22(2)4-6-23/h7-11,14H,3-6H2,1-2H3,(H,20,21)(H,22,23);7-11H,3-6H2,1-2H3,(H,19,20). The topological polar surface area (TPSA) is 131 Å². The summed E-state index contributed by atoms with van der Waals surface area (Å²) in [7, 11) is 4.32. The maximum absolute atomic E-state index is 4.81. The van der Waals surface area contributed by atoms with Gasteiger partial charge in [0.15, 0.2) is 0 Å². The van der Waals surface area contributed by atoms with Gasteiger partial charge in [0.1, 0.15) is 22.9 Å². The predicted octanol–water partition coefficient (Wildman–Crippen LogP) is 4.91. The summed E-state index contributed by atoms with van der Waals surface area (Å²) >= 11 is 0. The highest BCUT2D eigenvalue weighted by Crippen LogP contribution is 2.26. The molecule has 12 nitrogen and oxygen atoms in total. The third-order valence-electron chi connectivity index (χ3n) is 9.22. The number of likely N-dealkylation sites (N-methyl/N-ethyl adjacent to an activating group) is 1. The van der Waals surface area contributed by atoms with Gasteiger partial charge < -0.3 is 30.0 Å². The summed E-state index contributed by atoms with van der Waals surface area (Å²) in [6, 6.07) is 4.72. The number of nitrogens with one attached hydrogen (secondary N) is 3. The van der Waals surface area contributed by atoms with Crippen LogP contribution in [0, 0.1) is 13.8 Å². The number of aromatic nitrogens is 8. The molecule has 0 bridgehead atoms. The van der Waals surface area contributed by atoms with Gasteiger partial charge in [0.2, 0.25) is 0 Å².